The summed E-state index contributed by atoms with van der Waals surface area (Å²) in [7, 11) is 0. The molecule has 0 aliphatic rings. The molecular weight excluding hydrogens is 414 g/mol. The smallest absolute Gasteiger partial charge is 0.278 e. The van der Waals surface area contributed by atoms with E-state index < -0.39 is 17.5 Å². The molecule has 0 bridgehead atoms. The number of fused-ring (bicyclic) bond motifs is 1. The molecule has 1 amide bonds. The second kappa shape index (κ2) is 8.66. The Morgan fingerprint density at radius 2 is 1.84 bits per heavy atom. The molecule has 0 saturated heterocycles. The molecule has 0 aliphatic heterocycles. The normalized spacial score (nSPS) is 11.2. The van der Waals surface area contributed by atoms with Gasteiger partial charge in [0.1, 0.15) is 22.8 Å². The molecule has 0 unspecified atom stereocenters. The van der Waals surface area contributed by atoms with Crippen molar-refractivity contribution in [3.63, 3.8) is 0 Å². The highest BCUT2D eigenvalue weighted by atomic mass is 19.1. The molecule has 2 aromatic heterocycles. The highest BCUT2D eigenvalue weighted by Crippen LogP contribution is 2.19. The minimum Gasteiger partial charge on any atom is -0.348 e. The number of hydrogen-bond donors (Lipinski definition) is 1. The van der Waals surface area contributed by atoms with Crippen LogP contribution in [-0.2, 0) is 6.54 Å². The maximum absolute atomic E-state index is 13.7. The first-order valence-corrected chi connectivity index (χ1v) is 10.0. The first-order valence-electron chi connectivity index (χ1n) is 10.0. The van der Waals surface area contributed by atoms with Gasteiger partial charge in [-0.15, -0.1) is 0 Å². The molecule has 4 aromatic rings. The highest BCUT2D eigenvalue weighted by Gasteiger charge is 2.16. The Kier molecular flexibility index (Phi) is 5.77. The fourth-order valence-electron chi connectivity index (χ4n) is 3.43. The first-order chi connectivity index (χ1) is 15.3. The molecule has 0 saturated carbocycles. The highest BCUT2D eigenvalue weighted by molar-refractivity contribution is 5.94. The van der Waals surface area contributed by atoms with Crippen LogP contribution < -0.4 is 10.9 Å². The zero-order valence-electron chi connectivity index (χ0n) is 17.5. The molecule has 0 spiro atoms. The van der Waals surface area contributed by atoms with Gasteiger partial charge in [-0.2, -0.15) is 0 Å². The van der Waals surface area contributed by atoms with Crippen LogP contribution in [0.5, 0.6) is 0 Å². The van der Waals surface area contributed by atoms with Crippen LogP contribution in [0.2, 0.25) is 0 Å². The zero-order valence-corrected chi connectivity index (χ0v) is 17.5. The number of carbonyl (C=O) groups is 1. The van der Waals surface area contributed by atoms with Crippen molar-refractivity contribution in [3.8, 4) is 11.3 Å². The standard InChI is InChI=1S/C24H20F2N4O2/c1-14(2)30-22-20(4-3-11-27-22)29-21(24(30)32)15-5-7-16(8-6-15)23(31)28-13-17-9-10-18(25)12-19(17)26/h3-12,14H,13H2,1-2H3,(H,28,31). The third-order valence-electron chi connectivity index (χ3n) is 5.04. The van der Waals surface area contributed by atoms with Crippen LogP contribution in [0.1, 0.15) is 35.8 Å². The van der Waals surface area contributed by atoms with Gasteiger partial charge in [-0.3, -0.25) is 14.2 Å². The van der Waals surface area contributed by atoms with Gasteiger partial charge in [-0.1, -0.05) is 18.2 Å². The Balaban J connectivity index is 1.60. The Hall–Kier alpha value is -3.94. The van der Waals surface area contributed by atoms with E-state index in [1.54, 1.807) is 47.2 Å². The maximum Gasteiger partial charge on any atom is 0.278 e. The van der Waals surface area contributed by atoms with Crippen LogP contribution >= 0.6 is 0 Å². The summed E-state index contributed by atoms with van der Waals surface area (Å²) in [6.07, 6.45) is 1.62. The molecule has 4 rings (SSSR count). The van der Waals surface area contributed by atoms with Crippen molar-refractivity contribution in [2.75, 3.05) is 0 Å². The minimum absolute atomic E-state index is 0.0783. The van der Waals surface area contributed by atoms with Gasteiger partial charge in [0, 0.05) is 41.5 Å². The number of carbonyl (C=O) groups excluding carboxylic acids is 1. The molecule has 32 heavy (non-hydrogen) atoms. The molecule has 6 nitrogen and oxygen atoms in total. The van der Waals surface area contributed by atoms with E-state index in [0.717, 1.165) is 12.1 Å². The lowest BCUT2D eigenvalue weighted by atomic mass is 10.1. The van der Waals surface area contributed by atoms with E-state index >= 15 is 0 Å². The molecule has 1 N–H and O–H groups in total. The van der Waals surface area contributed by atoms with Crippen molar-refractivity contribution in [1.29, 1.82) is 0 Å². The van der Waals surface area contributed by atoms with Crippen molar-refractivity contribution in [2.45, 2.75) is 26.4 Å². The molecule has 0 fully saturated rings. The summed E-state index contributed by atoms with van der Waals surface area (Å²) >= 11 is 0. The van der Waals surface area contributed by atoms with E-state index in [1.807, 2.05) is 13.8 Å². The Labute approximate surface area is 182 Å². The second-order valence-electron chi connectivity index (χ2n) is 7.57. The van der Waals surface area contributed by atoms with Crippen LogP contribution in [0.3, 0.4) is 0 Å². The molecule has 8 heteroatoms. The Morgan fingerprint density at radius 3 is 2.53 bits per heavy atom. The van der Waals surface area contributed by atoms with Gasteiger partial charge in [0.15, 0.2) is 5.65 Å². The first kappa shape index (κ1) is 21.3. The lowest BCUT2D eigenvalue weighted by molar-refractivity contribution is 0.0950. The summed E-state index contributed by atoms with van der Waals surface area (Å²) in [5, 5.41) is 2.60. The van der Waals surface area contributed by atoms with E-state index in [0.29, 0.717) is 22.3 Å². The fourth-order valence-corrected chi connectivity index (χ4v) is 3.43. The monoisotopic (exact) mass is 434 g/mol. The summed E-state index contributed by atoms with van der Waals surface area (Å²) in [6, 6.07) is 13.1. The van der Waals surface area contributed by atoms with Gasteiger partial charge in [-0.05, 0) is 44.2 Å². The van der Waals surface area contributed by atoms with Crippen molar-refractivity contribution >= 4 is 17.1 Å². The average molecular weight is 434 g/mol. The zero-order chi connectivity index (χ0) is 22.8. The van der Waals surface area contributed by atoms with Crippen LogP contribution in [0, 0.1) is 11.6 Å². The predicted octanol–water partition coefficient (Wildman–Crippen LogP) is 4.25. The van der Waals surface area contributed by atoms with Crippen molar-refractivity contribution in [3.05, 3.63) is 93.9 Å². The molecular formula is C24H20F2N4O2. The minimum atomic E-state index is -0.723. The second-order valence-corrected chi connectivity index (χ2v) is 7.57. The number of benzene rings is 2. The lowest BCUT2D eigenvalue weighted by Gasteiger charge is -2.14. The number of hydrogen-bond acceptors (Lipinski definition) is 4. The van der Waals surface area contributed by atoms with Gasteiger partial charge < -0.3 is 5.32 Å². The molecule has 2 heterocycles. The molecule has 0 atom stereocenters. The van der Waals surface area contributed by atoms with Gasteiger partial charge in [0.05, 0.1) is 0 Å². The quantitative estimate of drug-likeness (QED) is 0.510. The van der Waals surface area contributed by atoms with E-state index in [1.165, 1.54) is 6.07 Å². The van der Waals surface area contributed by atoms with E-state index in [9.17, 15) is 18.4 Å². The number of aromatic nitrogens is 3. The Bertz CT molecular complexity index is 1370. The molecule has 0 aliphatic carbocycles. The summed E-state index contributed by atoms with van der Waals surface area (Å²) < 4.78 is 28.4. The van der Waals surface area contributed by atoms with Crippen molar-refractivity contribution in [1.82, 2.24) is 19.9 Å². The van der Waals surface area contributed by atoms with Gasteiger partial charge >= 0.3 is 0 Å². The molecule has 2 aromatic carbocycles. The van der Waals surface area contributed by atoms with E-state index in [-0.39, 0.29) is 29.4 Å². The van der Waals surface area contributed by atoms with Crippen molar-refractivity contribution < 1.29 is 13.6 Å². The third-order valence-corrected chi connectivity index (χ3v) is 5.04. The fraction of sp³-hybridized carbons (Fsp3) is 0.167. The molecule has 162 valence electrons. The lowest BCUT2D eigenvalue weighted by Crippen LogP contribution is -2.26. The summed E-state index contributed by atoms with van der Waals surface area (Å²) in [5.74, 6) is -1.82. The number of rotatable bonds is 5. The summed E-state index contributed by atoms with van der Waals surface area (Å²) in [6.45, 7) is 3.72. The van der Waals surface area contributed by atoms with Crippen molar-refractivity contribution in [2.24, 2.45) is 0 Å². The van der Waals surface area contributed by atoms with E-state index in [4.69, 9.17) is 0 Å². The summed E-state index contributed by atoms with van der Waals surface area (Å²) in [4.78, 5) is 34.3. The summed E-state index contributed by atoms with van der Waals surface area (Å²) in [5.41, 5.74) is 2.19. The number of halogens is 2. The largest absolute Gasteiger partial charge is 0.348 e. The van der Waals surface area contributed by atoms with Crippen LogP contribution in [0.4, 0.5) is 8.78 Å². The Morgan fingerprint density at radius 1 is 1.09 bits per heavy atom. The van der Waals surface area contributed by atoms with Gasteiger partial charge in [0.2, 0.25) is 0 Å². The number of nitrogens with one attached hydrogen (secondary N) is 1. The average Bonchev–Trinajstić information content (AvgIpc) is 2.77. The van der Waals surface area contributed by atoms with E-state index in [2.05, 4.69) is 15.3 Å². The molecule has 0 radical (unpaired) electrons. The topological polar surface area (TPSA) is 76.9 Å². The third kappa shape index (κ3) is 4.12. The van der Waals surface area contributed by atoms with Crippen LogP contribution in [0.25, 0.3) is 22.4 Å². The van der Waals surface area contributed by atoms with Gasteiger partial charge in [-0.25, -0.2) is 18.7 Å². The number of nitrogens with zero attached hydrogens (tertiary/aromatic N) is 3. The van der Waals surface area contributed by atoms with Crippen LogP contribution in [-0.4, -0.2) is 20.4 Å². The van der Waals surface area contributed by atoms with Crippen LogP contribution in [0.15, 0.2) is 65.6 Å². The predicted molar refractivity (Wildman–Crippen MR) is 117 cm³/mol. The van der Waals surface area contributed by atoms with Gasteiger partial charge in [0.25, 0.3) is 11.5 Å². The SMILES string of the molecule is CC(C)n1c(=O)c(-c2ccc(C(=O)NCc3ccc(F)cc3F)cc2)nc2cccnc21. The number of pyridine rings is 1. The number of amides is 1. The maximum atomic E-state index is 13.7.